The average molecular weight is 286 g/mol. The van der Waals surface area contributed by atoms with Gasteiger partial charge in [-0.25, -0.2) is 0 Å². The second-order valence-corrected chi connectivity index (χ2v) is 4.62. The first-order valence-electron chi connectivity index (χ1n) is 6.78. The van der Waals surface area contributed by atoms with E-state index in [1.807, 2.05) is 12.1 Å². The van der Waals surface area contributed by atoms with Gasteiger partial charge in [0.1, 0.15) is 0 Å². The molecule has 0 aromatic heterocycles. The Morgan fingerprint density at radius 3 is 2.52 bits per heavy atom. The summed E-state index contributed by atoms with van der Waals surface area (Å²) in [6.45, 7) is 2.74. The van der Waals surface area contributed by atoms with Gasteiger partial charge in [0.05, 0.1) is 12.0 Å². The van der Waals surface area contributed by atoms with Gasteiger partial charge in [-0.15, -0.1) is 0 Å². The van der Waals surface area contributed by atoms with Crippen molar-refractivity contribution >= 4 is 11.4 Å². The van der Waals surface area contributed by atoms with Crippen LogP contribution in [0.15, 0.2) is 42.5 Å². The third kappa shape index (κ3) is 3.51. The highest BCUT2D eigenvalue weighted by atomic mass is 16.6. The van der Waals surface area contributed by atoms with E-state index in [1.165, 1.54) is 24.3 Å². The van der Waals surface area contributed by atoms with Crippen LogP contribution < -0.4 is 10.1 Å². The van der Waals surface area contributed by atoms with Gasteiger partial charge >= 0.3 is 5.69 Å². The van der Waals surface area contributed by atoms with Gasteiger partial charge in [-0.1, -0.05) is 31.2 Å². The lowest BCUT2D eigenvalue weighted by Crippen LogP contribution is -2.03. The van der Waals surface area contributed by atoms with Gasteiger partial charge < -0.3 is 10.1 Å². The molecular formula is C16H18N2O3. The summed E-state index contributed by atoms with van der Waals surface area (Å²) >= 11 is 0. The van der Waals surface area contributed by atoms with Crippen LogP contribution >= 0.6 is 0 Å². The molecule has 0 aliphatic heterocycles. The smallest absolute Gasteiger partial charge is 0.312 e. The van der Waals surface area contributed by atoms with Crippen LogP contribution in [0.5, 0.6) is 5.75 Å². The van der Waals surface area contributed by atoms with E-state index >= 15 is 0 Å². The van der Waals surface area contributed by atoms with Crippen LogP contribution in [0.3, 0.4) is 0 Å². The Morgan fingerprint density at radius 2 is 1.90 bits per heavy atom. The zero-order valence-corrected chi connectivity index (χ0v) is 12.1. The lowest BCUT2D eigenvalue weighted by Gasteiger charge is -2.11. The number of nitro benzene ring substituents is 1. The first-order chi connectivity index (χ1) is 10.2. The number of nitrogens with zero attached hydrogens (tertiary/aromatic N) is 1. The van der Waals surface area contributed by atoms with Crippen LogP contribution in [0.4, 0.5) is 11.4 Å². The summed E-state index contributed by atoms with van der Waals surface area (Å²) in [6, 6.07) is 13.0. The monoisotopic (exact) mass is 286 g/mol. The molecule has 0 aliphatic carbocycles. The summed E-state index contributed by atoms with van der Waals surface area (Å²) in [5.41, 5.74) is 3.13. The minimum absolute atomic E-state index is 0.0359. The molecule has 2 aromatic rings. The van der Waals surface area contributed by atoms with Crippen LogP contribution in [-0.2, 0) is 13.0 Å². The quantitative estimate of drug-likeness (QED) is 0.648. The molecule has 0 radical (unpaired) electrons. The van der Waals surface area contributed by atoms with Gasteiger partial charge in [-0.05, 0) is 29.7 Å². The molecule has 0 unspecified atom stereocenters. The van der Waals surface area contributed by atoms with Crippen molar-refractivity contribution in [2.45, 2.75) is 19.9 Å². The van der Waals surface area contributed by atoms with Crippen molar-refractivity contribution in [3.05, 3.63) is 63.7 Å². The molecular weight excluding hydrogens is 268 g/mol. The summed E-state index contributed by atoms with van der Waals surface area (Å²) in [5.74, 6) is 0.263. The van der Waals surface area contributed by atoms with Gasteiger partial charge in [0.25, 0.3) is 0 Å². The van der Waals surface area contributed by atoms with Gasteiger partial charge in [0.2, 0.25) is 0 Å². The number of methoxy groups -OCH3 is 1. The number of hydrogen-bond acceptors (Lipinski definition) is 4. The molecule has 0 aliphatic rings. The predicted molar refractivity (Wildman–Crippen MR) is 82.8 cm³/mol. The third-order valence-electron chi connectivity index (χ3n) is 3.36. The minimum Gasteiger partial charge on any atom is -0.490 e. The number of benzene rings is 2. The van der Waals surface area contributed by atoms with E-state index in [-0.39, 0.29) is 11.4 Å². The van der Waals surface area contributed by atoms with Crippen molar-refractivity contribution in [1.29, 1.82) is 0 Å². The van der Waals surface area contributed by atoms with E-state index in [0.717, 1.165) is 6.42 Å². The maximum atomic E-state index is 11.0. The highest BCUT2D eigenvalue weighted by molar-refractivity contribution is 5.58. The van der Waals surface area contributed by atoms with E-state index in [0.29, 0.717) is 12.2 Å². The summed E-state index contributed by atoms with van der Waals surface area (Å²) in [5, 5.41) is 14.2. The van der Waals surface area contributed by atoms with Crippen molar-refractivity contribution in [1.82, 2.24) is 0 Å². The SMILES string of the molecule is CCc1ccccc1CNc1ccc(OC)c([N+](=O)[O-])c1. The fraction of sp³-hybridized carbons (Fsp3) is 0.250. The molecule has 0 bridgehead atoms. The summed E-state index contributed by atoms with van der Waals surface area (Å²) in [7, 11) is 1.42. The zero-order valence-electron chi connectivity index (χ0n) is 12.1. The molecule has 5 heteroatoms. The molecule has 0 heterocycles. The van der Waals surface area contributed by atoms with Crippen LogP contribution in [0, 0.1) is 10.1 Å². The van der Waals surface area contributed by atoms with Crippen molar-refractivity contribution < 1.29 is 9.66 Å². The fourth-order valence-electron chi connectivity index (χ4n) is 2.21. The normalized spacial score (nSPS) is 10.2. The van der Waals surface area contributed by atoms with Crippen molar-refractivity contribution in [2.75, 3.05) is 12.4 Å². The molecule has 0 spiro atoms. The number of ether oxygens (including phenoxy) is 1. The molecule has 110 valence electrons. The third-order valence-corrected chi connectivity index (χ3v) is 3.36. The molecule has 0 fully saturated rings. The predicted octanol–water partition coefficient (Wildman–Crippen LogP) is 3.78. The van der Waals surface area contributed by atoms with Gasteiger partial charge in [-0.2, -0.15) is 0 Å². The molecule has 5 nitrogen and oxygen atoms in total. The van der Waals surface area contributed by atoms with Crippen LogP contribution in [0.2, 0.25) is 0 Å². The van der Waals surface area contributed by atoms with E-state index in [4.69, 9.17) is 4.74 Å². The first kappa shape index (κ1) is 14.8. The maximum Gasteiger partial charge on any atom is 0.312 e. The Bertz CT molecular complexity index is 641. The van der Waals surface area contributed by atoms with E-state index in [9.17, 15) is 10.1 Å². The second-order valence-electron chi connectivity index (χ2n) is 4.62. The van der Waals surface area contributed by atoms with Crippen molar-refractivity contribution in [2.24, 2.45) is 0 Å². The standard InChI is InChI=1S/C16H18N2O3/c1-3-12-6-4-5-7-13(12)11-17-14-8-9-16(21-2)15(10-14)18(19)20/h4-10,17H,3,11H2,1-2H3. The number of nitro groups is 1. The number of aryl methyl sites for hydroxylation is 1. The lowest BCUT2D eigenvalue weighted by molar-refractivity contribution is -0.385. The van der Waals surface area contributed by atoms with E-state index in [1.54, 1.807) is 12.1 Å². The number of hydrogen-bond donors (Lipinski definition) is 1. The zero-order chi connectivity index (χ0) is 15.2. The molecule has 21 heavy (non-hydrogen) atoms. The van der Waals surface area contributed by atoms with E-state index in [2.05, 4.69) is 24.4 Å². The molecule has 2 aromatic carbocycles. The fourth-order valence-corrected chi connectivity index (χ4v) is 2.21. The Hall–Kier alpha value is -2.56. The minimum atomic E-state index is -0.440. The van der Waals surface area contributed by atoms with Gasteiger partial charge in [0.15, 0.2) is 5.75 Å². The molecule has 1 N–H and O–H groups in total. The highest BCUT2D eigenvalue weighted by Crippen LogP contribution is 2.29. The summed E-state index contributed by atoms with van der Waals surface area (Å²) in [6.07, 6.45) is 0.959. The number of nitrogens with one attached hydrogen (secondary N) is 1. The lowest BCUT2D eigenvalue weighted by atomic mass is 10.1. The first-order valence-corrected chi connectivity index (χ1v) is 6.78. The Balaban J connectivity index is 2.17. The molecule has 0 saturated carbocycles. The number of rotatable bonds is 6. The largest absolute Gasteiger partial charge is 0.490 e. The van der Waals surface area contributed by atoms with Crippen molar-refractivity contribution in [3.63, 3.8) is 0 Å². The molecule has 2 rings (SSSR count). The Labute approximate surface area is 123 Å². The molecule has 0 atom stereocenters. The highest BCUT2D eigenvalue weighted by Gasteiger charge is 2.15. The maximum absolute atomic E-state index is 11.0. The summed E-state index contributed by atoms with van der Waals surface area (Å²) in [4.78, 5) is 10.6. The summed E-state index contributed by atoms with van der Waals surface area (Å²) < 4.78 is 4.99. The molecule has 0 saturated heterocycles. The number of anilines is 1. The topological polar surface area (TPSA) is 64.4 Å². The van der Waals surface area contributed by atoms with Gasteiger partial charge in [-0.3, -0.25) is 10.1 Å². The van der Waals surface area contributed by atoms with Gasteiger partial charge in [0, 0.05) is 18.3 Å². The van der Waals surface area contributed by atoms with Crippen LogP contribution in [0.25, 0.3) is 0 Å². The molecule has 0 amide bonds. The van der Waals surface area contributed by atoms with Crippen LogP contribution in [-0.4, -0.2) is 12.0 Å². The second kappa shape index (κ2) is 6.74. The average Bonchev–Trinajstić information content (AvgIpc) is 2.52. The van der Waals surface area contributed by atoms with E-state index < -0.39 is 4.92 Å². The van der Waals surface area contributed by atoms with Crippen molar-refractivity contribution in [3.8, 4) is 5.75 Å². The Morgan fingerprint density at radius 1 is 1.19 bits per heavy atom. The van der Waals surface area contributed by atoms with Crippen LogP contribution in [0.1, 0.15) is 18.1 Å². The Kier molecular flexibility index (Phi) is 4.77.